The van der Waals surface area contributed by atoms with Gasteiger partial charge in [-0.05, 0) is 44.0 Å². The Balaban J connectivity index is 2.05. The van der Waals surface area contributed by atoms with E-state index in [-0.39, 0.29) is 12.1 Å². The molecule has 0 saturated heterocycles. The average molecular weight is 347 g/mol. The van der Waals surface area contributed by atoms with Crippen molar-refractivity contribution >= 4 is 17.4 Å². The molecular weight excluding hydrogens is 322 g/mol. The van der Waals surface area contributed by atoms with E-state index in [1.165, 1.54) is 15.3 Å². The molecule has 0 radical (unpaired) electrons. The summed E-state index contributed by atoms with van der Waals surface area (Å²) in [5.41, 5.74) is 2.18. The molecule has 2 amide bonds. The highest BCUT2D eigenvalue weighted by Gasteiger charge is 2.19. The van der Waals surface area contributed by atoms with Gasteiger partial charge in [0.25, 0.3) is 0 Å². The van der Waals surface area contributed by atoms with Gasteiger partial charge in [-0.1, -0.05) is 6.07 Å². The van der Waals surface area contributed by atoms with Crippen LogP contribution < -0.4 is 5.32 Å². The van der Waals surface area contributed by atoms with Crippen molar-refractivity contribution in [2.45, 2.75) is 33.4 Å². The number of rotatable bonds is 7. The molecule has 0 bridgehead atoms. The fourth-order valence-electron chi connectivity index (χ4n) is 2.60. The van der Waals surface area contributed by atoms with Crippen molar-refractivity contribution in [1.82, 2.24) is 15.2 Å². The summed E-state index contributed by atoms with van der Waals surface area (Å²) in [6, 6.07) is 5.87. The Bertz CT molecular complexity index is 658. The molecule has 0 aliphatic heterocycles. The lowest BCUT2D eigenvalue weighted by Gasteiger charge is -2.25. The van der Waals surface area contributed by atoms with E-state index < -0.39 is 0 Å². The van der Waals surface area contributed by atoms with E-state index in [9.17, 15) is 4.79 Å². The molecule has 1 atom stereocenters. The maximum Gasteiger partial charge on any atom is 0.318 e. The van der Waals surface area contributed by atoms with Crippen LogP contribution in [0.2, 0.25) is 0 Å². The van der Waals surface area contributed by atoms with Crippen LogP contribution in [0.4, 0.5) is 4.79 Å². The second-order valence-corrected chi connectivity index (χ2v) is 7.28. The van der Waals surface area contributed by atoms with Crippen molar-refractivity contribution in [2.75, 3.05) is 20.3 Å². The van der Waals surface area contributed by atoms with Crippen LogP contribution in [0.15, 0.2) is 30.6 Å². The Morgan fingerprint density at radius 2 is 2.25 bits per heavy atom. The predicted molar refractivity (Wildman–Crippen MR) is 97.3 cm³/mol. The second kappa shape index (κ2) is 8.80. The largest absolute Gasteiger partial charge is 0.383 e. The number of carbonyl (C=O) groups excluding carboxylic acids is 1. The van der Waals surface area contributed by atoms with E-state index in [1.54, 1.807) is 35.7 Å². The average Bonchev–Trinajstić information content (AvgIpc) is 2.90. The highest BCUT2D eigenvalue weighted by Crippen LogP contribution is 2.26. The number of amides is 2. The van der Waals surface area contributed by atoms with Crippen molar-refractivity contribution in [1.29, 1.82) is 0 Å². The number of carbonyl (C=O) groups is 1. The molecule has 0 aliphatic carbocycles. The van der Waals surface area contributed by atoms with Crippen LogP contribution in [0.5, 0.6) is 0 Å². The smallest absolute Gasteiger partial charge is 0.318 e. The van der Waals surface area contributed by atoms with E-state index in [1.807, 2.05) is 19.1 Å². The van der Waals surface area contributed by atoms with Crippen molar-refractivity contribution in [3.8, 4) is 0 Å². The lowest BCUT2D eigenvalue weighted by molar-refractivity contribution is 0.145. The molecule has 130 valence electrons. The fourth-order valence-corrected chi connectivity index (χ4v) is 3.62. The van der Waals surface area contributed by atoms with Gasteiger partial charge in [0.05, 0.1) is 12.6 Å². The number of aromatic nitrogens is 1. The summed E-state index contributed by atoms with van der Waals surface area (Å²) in [6.45, 7) is 7.74. The third kappa shape index (κ3) is 5.04. The molecule has 0 aliphatic rings. The Kier molecular flexibility index (Phi) is 6.75. The van der Waals surface area contributed by atoms with Crippen LogP contribution in [-0.2, 0) is 11.3 Å². The van der Waals surface area contributed by atoms with Crippen LogP contribution in [0, 0.1) is 13.8 Å². The lowest BCUT2D eigenvalue weighted by Crippen LogP contribution is -2.42. The van der Waals surface area contributed by atoms with Crippen LogP contribution in [-0.4, -0.2) is 36.2 Å². The molecule has 2 rings (SSSR count). The topological polar surface area (TPSA) is 54.5 Å². The molecular formula is C18H25N3O2S. The molecule has 2 heterocycles. The second-order valence-electron chi connectivity index (χ2n) is 5.82. The first-order valence-electron chi connectivity index (χ1n) is 8.01. The summed E-state index contributed by atoms with van der Waals surface area (Å²) < 4.78 is 5.14. The lowest BCUT2D eigenvalue weighted by atomic mass is 10.1. The number of nitrogens with one attached hydrogen (secondary N) is 1. The normalized spacial score (nSPS) is 12.0. The molecule has 6 heteroatoms. The molecule has 24 heavy (non-hydrogen) atoms. The van der Waals surface area contributed by atoms with E-state index in [0.29, 0.717) is 19.7 Å². The standard InChI is InChI=1S/C18H25N3O2S/c1-13-10-17(15(3)24-13)14(2)20-18(22)21(8-9-23-4)12-16-6-5-7-19-11-16/h5-7,10-11,14H,8-9,12H2,1-4H3,(H,20,22)/t14-/m1/s1. The van der Waals surface area contributed by atoms with Crippen LogP contribution >= 0.6 is 11.3 Å². The Morgan fingerprint density at radius 3 is 2.83 bits per heavy atom. The molecule has 0 fully saturated rings. The van der Waals surface area contributed by atoms with E-state index in [0.717, 1.165) is 5.56 Å². The summed E-state index contributed by atoms with van der Waals surface area (Å²) in [4.78, 5) is 21.1. The van der Waals surface area contributed by atoms with Gasteiger partial charge in [-0.15, -0.1) is 11.3 Å². The highest BCUT2D eigenvalue weighted by atomic mass is 32.1. The summed E-state index contributed by atoms with van der Waals surface area (Å²) in [7, 11) is 1.64. The fraction of sp³-hybridized carbons (Fsp3) is 0.444. The third-order valence-corrected chi connectivity index (χ3v) is 4.82. The van der Waals surface area contributed by atoms with Gasteiger partial charge in [-0.25, -0.2) is 4.79 Å². The monoisotopic (exact) mass is 347 g/mol. The van der Waals surface area contributed by atoms with Gasteiger partial charge in [-0.2, -0.15) is 0 Å². The minimum absolute atomic E-state index is 0.0265. The van der Waals surface area contributed by atoms with Crippen molar-refractivity contribution in [3.63, 3.8) is 0 Å². The molecule has 2 aromatic heterocycles. The van der Waals surface area contributed by atoms with Crippen LogP contribution in [0.25, 0.3) is 0 Å². The van der Waals surface area contributed by atoms with Crippen molar-refractivity contribution < 1.29 is 9.53 Å². The molecule has 1 N–H and O–H groups in total. The molecule has 0 unspecified atom stereocenters. The van der Waals surface area contributed by atoms with Gasteiger partial charge in [-0.3, -0.25) is 4.98 Å². The zero-order valence-corrected chi connectivity index (χ0v) is 15.5. The van der Waals surface area contributed by atoms with E-state index in [2.05, 4.69) is 30.2 Å². The van der Waals surface area contributed by atoms with Gasteiger partial charge >= 0.3 is 6.03 Å². The first kappa shape index (κ1) is 18.4. The number of thiophene rings is 1. The Labute approximate surface area is 147 Å². The first-order valence-corrected chi connectivity index (χ1v) is 8.83. The minimum Gasteiger partial charge on any atom is -0.383 e. The molecule has 0 spiro atoms. The van der Waals surface area contributed by atoms with Crippen LogP contribution in [0.1, 0.15) is 33.8 Å². The molecule has 0 aromatic carbocycles. The number of hydrogen-bond acceptors (Lipinski definition) is 4. The first-order chi connectivity index (χ1) is 11.5. The number of aryl methyl sites for hydroxylation is 2. The van der Waals surface area contributed by atoms with Gasteiger partial charge < -0.3 is 15.0 Å². The summed E-state index contributed by atoms with van der Waals surface area (Å²) in [6.07, 6.45) is 3.51. The van der Waals surface area contributed by atoms with Gasteiger partial charge in [0.15, 0.2) is 0 Å². The van der Waals surface area contributed by atoms with Crippen LogP contribution in [0.3, 0.4) is 0 Å². The zero-order chi connectivity index (χ0) is 17.5. The van der Waals surface area contributed by atoms with Crippen molar-refractivity contribution in [3.05, 3.63) is 51.5 Å². The molecule has 2 aromatic rings. The summed E-state index contributed by atoms with van der Waals surface area (Å²) in [5, 5.41) is 3.10. The quantitative estimate of drug-likeness (QED) is 0.831. The summed E-state index contributed by atoms with van der Waals surface area (Å²) >= 11 is 1.76. The molecule has 5 nitrogen and oxygen atoms in total. The maximum absolute atomic E-state index is 12.7. The van der Waals surface area contributed by atoms with E-state index >= 15 is 0 Å². The number of hydrogen-bond donors (Lipinski definition) is 1. The number of methoxy groups -OCH3 is 1. The van der Waals surface area contributed by atoms with Gasteiger partial charge in [0.2, 0.25) is 0 Å². The highest BCUT2D eigenvalue weighted by molar-refractivity contribution is 7.12. The number of ether oxygens (including phenoxy) is 1. The number of pyridine rings is 1. The SMILES string of the molecule is COCCN(Cc1cccnc1)C(=O)N[C@H](C)c1cc(C)sc1C. The predicted octanol–water partition coefficient (Wildman–Crippen LogP) is 3.68. The molecule has 0 saturated carbocycles. The minimum atomic E-state index is -0.0911. The summed E-state index contributed by atoms with van der Waals surface area (Å²) in [5.74, 6) is 0. The Hall–Kier alpha value is -1.92. The number of urea groups is 1. The Morgan fingerprint density at radius 1 is 1.46 bits per heavy atom. The van der Waals surface area contributed by atoms with Gasteiger partial charge in [0, 0.05) is 42.3 Å². The van der Waals surface area contributed by atoms with E-state index in [4.69, 9.17) is 4.74 Å². The zero-order valence-electron chi connectivity index (χ0n) is 14.7. The van der Waals surface area contributed by atoms with Gasteiger partial charge in [0.1, 0.15) is 0 Å². The van der Waals surface area contributed by atoms with Crippen molar-refractivity contribution in [2.24, 2.45) is 0 Å². The number of nitrogens with zero attached hydrogens (tertiary/aromatic N) is 2. The maximum atomic E-state index is 12.7. The third-order valence-electron chi connectivity index (χ3n) is 3.83.